The van der Waals surface area contributed by atoms with E-state index < -0.39 is 11.9 Å². The van der Waals surface area contributed by atoms with E-state index in [0.29, 0.717) is 16.5 Å². The molecule has 0 saturated carbocycles. The van der Waals surface area contributed by atoms with Gasteiger partial charge in [0, 0.05) is 5.39 Å². The highest BCUT2D eigenvalue weighted by molar-refractivity contribution is 6.12. The first kappa shape index (κ1) is 18.3. The summed E-state index contributed by atoms with van der Waals surface area (Å²) in [5, 5.41) is 7.83. The molecule has 0 spiro atoms. The molecule has 0 aliphatic carbocycles. The zero-order chi connectivity index (χ0) is 19.6. The van der Waals surface area contributed by atoms with E-state index in [1.807, 2.05) is 13.8 Å². The number of carbonyl (C=O) groups excluding carboxylic acids is 2. The van der Waals surface area contributed by atoms with Gasteiger partial charge in [0.1, 0.15) is 0 Å². The molecule has 3 rings (SSSR count). The Balaban J connectivity index is 2.11. The van der Waals surface area contributed by atoms with Crippen molar-refractivity contribution < 1.29 is 14.3 Å². The van der Waals surface area contributed by atoms with E-state index in [1.54, 1.807) is 48.5 Å². The molecule has 0 bridgehead atoms. The van der Waals surface area contributed by atoms with Crippen molar-refractivity contribution in [3.8, 4) is 0 Å². The molecule has 7 nitrogen and oxygen atoms in total. The van der Waals surface area contributed by atoms with Crippen molar-refractivity contribution in [3.05, 3.63) is 70.1 Å². The maximum atomic E-state index is 12.9. The number of methoxy groups -OCH3 is 1. The van der Waals surface area contributed by atoms with Gasteiger partial charge in [0.25, 0.3) is 11.5 Å². The second kappa shape index (κ2) is 7.41. The summed E-state index contributed by atoms with van der Waals surface area (Å²) in [6.07, 6.45) is 0. The van der Waals surface area contributed by atoms with E-state index in [1.165, 1.54) is 11.8 Å². The van der Waals surface area contributed by atoms with Crippen LogP contribution in [0.1, 0.15) is 40.7 Å². The van der Waals surface area contributed by atoms with Gasteiger partial charge < -0.3 is 10.1 Å². The summed E-state index contributed by atoms with van der Waals surface area (Å²) in [6, 6.07) is 13.1. The van der Waals surface area contributed by atoms with Gasteiger partial charge in [-0.25, -0.2) is 9.48 Å². The van der Waals surface area contributed by atoms with Gasteiger partial charge in [0.2, 0.25) is 0 Å². The fraction of sp³-hybridized carbons (Fsp3) is 0.200. The van der Waals surface area contributed by atoms with Crippen molar-refractivity contribution in [1.82, 2.24) is 9.78 Å². The van der Waals surface area contributed by atoms with Crippen molar-refractivity contribution in [1.29, 1.82) is 0 Å². The second-order valence-corrected chi connectivity index (χ2v) is 6.23. The summed E-state index contributed by atoms with van der Waals surface area (Å²) < 4.78 is 6.03. The number of ether oxygens (including phenoxy) is 1. The van der Waals surface area contributed by atoms with Gasteiger partial charge in [-0.15, -0.1) is 0 Å². The maximum Gasteiger partial charge on any atom is 0.339 e. The van der Waals surface area contributed by atoms with Crippen LogP contribution in [0.4, 0.5) is 5.69 Å². The van der Waals surface area contributed by atoms with E-state index in [-0.39, 0.29) is 22.9 Å². The normalized spacial score (nSPS) is 10.8. The standard InChI is InChI=1S/C20H19N3O4/c1-12(2)23-19(25)14-9-5-4-8-13(14)17(22-23)18(24)21-16-11-7-6-10-15(16)20(26)27-3/h4-12H,1-3H3,(H,21,24). The van der Waals surface area contributed by atoms with Crippen LogP contribution in [0.25, 0.3) is 10.8 Å². The minimum absolute atomic E-state index is 0.110. The Labute approximate surface area is 155 Å². The third kappa shape index (κ3) is 3.44. The van der Waals surface area contributed by atoms with Gasteiger partial charge in [0.15, 0.2) is 5.69 Å². The van der Waals surface area contributed by atoms with Gasteiger partial charge >= 0.3 is 5.97 Å². The van der Waals surface area contributed by atoms with Crippen LogP contribution in [0.3, 0.4) is 0 Å². The molecular weight excluding hydrogens is 346 g/mol. The molecular formula is C20H19N3O4. The fourth-order valence-electron chi connectivity index (χ4n) is 2.79. The summed E-state index contributed by atoms with van der Waals surface area (Å²) >= 11 is 0. The van der Waals surface area contributed by atoms with Crippen LogP contribution in [0.2, 0.25) is 0 Å². The SMILES string of the molecule is COC(=O)c1ccccc1NC(=O)c1nn(C(C)C)c(=O)c2ccccc12. The van der Waals surface area contributed by atoms with Gasteiger partial charge in [-0.2, -0.15) is 5.10 Å². The number of hydrogen-bond acceptors (Lipinski definition) is 5. The molecule has 7 heteroatoms. The monoisotopic (exact) mass is 365 g/mol. The molecule has 1 aromatic heterocycles. The Morgan fingerprint density at radius 3 is 2.33 bits per heavy atom. The lowest BCUT2D eigenvalue weighted by molar-refractivity contribution is 0.0602. The van der Waals surface area contributed by atoms with E-state index in [2.05, 4.69) is 10.4 Å². The van der Waals surface area contributed by atoms with E-state index in [0.717, 1.165) is 0 Å². The van der Waals surface area contributed by atoms with Crippen LogP contribution in [0, 0.1) is 0 Å². The molecule has 0 unspecified atom stereocenters. The van der Waals surface area contributed by atoms with Gasteiger partial charge in [-0.05, 0) is 32.0 Å². The molecule has 3 aromatic rings. The number of benzene rings is 2. The van der Waals surface area contributed by atoms with E-state index >= 15 is 0 Å². The molecule has 1 N–H and O–H groups in total. The van der Waals surface area contributed by atoms with Gasteiger partial charge in [-0.1, -0.05) is 30.3 Å². The number of para-hydroxylation sites is 1. The van der Waals surface area contributed by atoms with E-state index in [4.69, 9.17) is 4.74 Å². The topological polar surface area (TPSA) is 90.3 Å². The molecule has 0 fully saturated rings. The number of carbonyl (C=O) groups is 2. The number of fused-ring (bicyclic) bond motifs is 1. The number of esters is 1. The molecule has 138 valence electrons. The largest absolute Gasteiger partial charge is 0.465 e. The Hall–Kier alpha value is -3.48. The first-order valence-corrected chi connectivity index (χ1v) is 8.44. The highest BCUT2D eigenvalue weighted by atomic mass is 16.5. The number of hydrogen-bond donors (Lipinski definition) is 1. The van der Waals surface area contributed by atoms with Crippen LogP contribution in [-0.2, 0) is 4.74 Å². The quantitative estimate of drug-likeness (QED) is 0.718. The Morgan fingerprint density at radius 1 is 1.04 bits per heavy atom. The van der Waals surface area contributed by atoms with Crippen molar-refractivity contribution in [2.75, 3.05) is 12.4 Å². The third-order valence-corrected chi connectivity index (χ3v) is 4.11. The van der Waals surface area contributed by atoms with E-state index in [9.17, 15) is 14.4 Å². The van der Waals surface area contributed by atoms with Crippen LogP contribution in [0.15, 0.2) is 53.3 Å². The second-order valence-electron chi connectivity index (χ2n) is 6.23. The lowest BCUT2D eigenvalue weighted by Gasteiger charge is -2.14. The molecule has 1 amide bonds. The first-order chi connectivity index (χ1) is 12.9. The van der Waals surface area contributed by atoms with Crippen LogP contribution >= 0.6 is 0 Å². The molecule has 2 aromatic carbocycles. The Bertz CT molecular complexity index is 1090. The predicted molar refractivity (Wildman–Crippen MR) is 102 cm³/mol. The summed E-state index contributed by atoms with van der Waals surface area (Å²) in [4.78, 5) is 37.4. The highest BCUT2D eigenvalue weighted by Gasteiger charge is 2.20. The maximum absolute atomic E-state index is 12.9. The van der Waals surface area contributed by atoms with Gasteiger partial charge in [-0.3, -0.25) is 9.59 Å². The van der Waals surface area contributed by atoms with Crippen molar-refractivity contribution >= 4 is 28.3 Å². The van der Waals surface area contributed by atoms with Crippen LogP contribution in [0.5, 0.6) is 0 Å². The predicted octanol–water partition coefficient (Wildman–Crippen LogP) is 3.02. The van der Waals surface area contributed by atoms with Crippen molar-refractivity contribution in [2.45, 2.75) is 19.9 Å². The number of aromatic nitrogens is 2. The van der Waals surface area contributed by atoms with Crippen LogP contribution < -0.4 is 10.9 Å². The summed E-state index contributed by atoms with van der Waals surface area (Å²) in [5.74, 6) is -1.08. The number of amides is 1. The Kier molecular flexibility index (Phi) is 5.03. The third-order valence-electron chi connectivity index (χ3n) is 4.11. The van der Waals surface area contributed by atoms with Crippen molar-refractivity contribution in [2.24, 2.45) is 0 Å². The molecule has 1 heterocycles. The minimum Gasteiger partial charge on any atom is -0.465 e. The first-order valence-electron chi connectivity index (χ1n) is 8.44. The summed E-state index contributed by atoms with van der Waals surface area (Å²) in [7, 11) is 1.27. The molecule has 27 heavy (non-hydrogen) atoms. The zero-order valence-electron chi connectivity index (χ0n) is 15.2. The minimum atomic E-state index is -0.559. The average molecular weight is 365 g/mol. The molecule has 0 atom stereocenters. The number of rotatable bonds is 4. The fourth-order valence-corrected chi connectivity index (χ4v) is 2.79. The smallest absolute Gasteiger partial charge is 0.339 e. The molecule has 0 aliphatic rings. The Morgan fingerprint density at radius 2 is 1.67 bits per heavy atom. The number of nitrogens with zero attached hydrogens (tertiary/aromatic N) is 2. The van der Waals surface area contributed by atoms with Crippen LogP contribution in [-0.4, -0.2) is 28.8 Å². The summed E-state index contributed by atoms with van der Waals surface area (Å²) in [5.41, 5.74) is 0.392. The molecule has 0 radical (unpaired) electrons. The molecule has 0 aliphatic heterocycles. The number of anilines is 1. The van der Waals surface area contributed by atoms with Gasteiger partial charge in [0.05, 0.1) is 29.8 Å². The molecule has 0 saturated heterocycles. The highest BCUT2D eigenvalue weighted by Crippen LogP contribution is 2.20. The lowest BCUT2D eigenvalue weighted by Crippen LogP contribution is -2.29. The zero-order valence-corrected chi connectivity index (χ0v) is 15.2. The average Bonchev–Trinajstić information content (AvgIpc) is 2.68. The lowest BCUT2D eigenvalue weighted by atomic mass is 10.1. The van der Waals surface area contributed by atoms with Crippen molar-refractivity contribution in [3.63, 3.8) is 0 Å². The summed E-state index contributed by atoms with van der Waals surface area (Å²) in [6.45, 7) is 3.63. The number of nitrogens with one attached hydrogen (secondary N) is 1.